The third kappa shape index (κ3) is 1.43. The summed E-state index contributed by atoms with van der Waals surface area (Å²) in [5, 5.41) is 2.56. The number of imide groups is 1. The van der Waals surface area contributed by atoms with Gasteiger partial charge in [0.2, 0.25) is 5.91 Å². The molecule has 1 heterocycles. The fourth-order valence-electron chi connectivity index (χ4n) is 3.43. The molecule has 1 aromatic rings. The average Bonchev–Trinajstić information content (AvgIpc) is 2.37. The molecule has 1 saturated carbocycles. The predicted molar refractivity (Wildman–Crippen MR) is 68.4 cm³/mol. The van der Waals surface area contributed by atoms with E-state index >= 15 is 0 Å². The van der Waals surface area contributed by atoms with E-state index in [0.717, 1.165) is 42.4 Å². The molecule has 0 unspecified atom stereocenters. The highest BCUT2D eigenvalue weighted by molar-refractivity contribution is 6.13. The lowest BCUT2D eigenvalue weighted by Gasteiger charge is -2.40. The Bertz CT molecular complexity index is 527. The molecule has 18 heavy (non-hydrogen) atoms. The maximum absolute atomic E-state index is 12.3. The summed E-state index contributed by atoms with van der Waals surface area (Å²) < 4.78 is 0. The van der Waals surface area contributed by atoms with E-state index in [1.165, 1.54) is 6.42 Å². The Morgan fingerprint density at radius 3 is 2.56 bits per heavy atom. The predicted octanol–water partition coefficient (Wildman–Crippen LogP) is 2.47. The molecule has 1 aliphatic carbocycles. The molecular formula is C15H17NO2. The third-order valence-corrected chi connectivity index (χ3v) is 4.38. The summed E-state index contributed by atoms with van der Waals surface area (Å²) in [6, 6.07) is 5.85. The number of carbonyl (C=O) groups excluding carboxylic acids is 2. The first-order valence-corrected chi connectivity index (χ1v) is 6.61. The highest BCUT2D eigenvalue weighted by Gasteiger charge is 2.47. The summed E-state index contributed by atoms with van der Waals surface area (Å²) >= 11 is 0. The second-order valence-corrected chi connectivity index (χ2v) is 5.42. The average molecular weight is 243 g/mol. The molecule has 1 aromatic carbocycles. The van der Waals surface area contributed by atoms with Crippen LogP contribution in [0.5, 0.6) is 0 Å². The standard InChI is InChI=1S/C15H17NO2/c1-10-6-5-7-11-12(10)13(17)16-14(18)15(11)8-3-2-4-9-15/h5-7H,2-4,8-9H2,1H3,(H,16,17,18). The molecule has 2 aliphatic rings. The molecule has 3 heteroatoms. The monoisotopic (exact) mass is 243 g/mol. The zero-order valence-corrected chi connectivity index (χ0v) is 10.6. The molecule has 3 nitrogen and oxygen atoms in total. The summed E-state index contributed by atoms with van der Waals surface area (Å²) in [5.41, 5.74) is 2.19. The largest absolute Gasteiger partial charge is 0.292 e. The van der Waals surface area contributed by atoms with Crippen molar-refractivity contribution < 1.29 is 9.59 Å². The zero-order chi connectivity index (χ0) is 12.8. The number of carbonyl (C=O) groups is 2. The van der Waals surface area contributed by atoms with Crippen LogP contribution in [0.4, 0.5) is 0 Å². The van der Waals surface area contributed by atoms with Crippen LogP contribution in [0, 0.1) is 6.92 Å². The van der Waals surface area contributed by atoms with E-state index in [1.54, 1.807) is 0 Å². The van der Waals surface area contributed by atoms with Crippen LogP contribution in [0.15, 0.2) is 18.2 Å². The molecule has 1 spiro atoms. The van der Waals surface area contributed by atoms with Gasteiger partial charge in [0, 0.05) is 5.56 Å². The summed E-state index contributed by atoms with van der Waals surface area (Å²) in [4.78, 5) is 24.3. The van der Waals surface area contributed by atoms with Crippen LogP contribution in [0.25, 0.3) is 0 Å². The van der Waals surface area contributed by atoms with E-state index in [2.05, 4.69) is 5.32 Å². The molecular weight excluding hydrogens is 226 g/mol. The molecule has 2 amide bonds. The zero-order valence-electron chi connectivity index (χ0n) is 10.6. The lowest BCUT2D eigenvalue weighted by atomic mass is 9.65. The Morgan fingerprint density at radius 2 is 1.83 bits per heavy atom. The topological polar surface area (TPSA) is 46.2 Å². The molecule has 1 aliphatic heterocycles. The number of amides is 2. The number of fused-ring (bicyclic) bond motifs is 2. The number of nitrogens with one attached hydrogen (secondary N) is 1. The number of benzene rings is 1. The van der Waals surface area contributed by atoms with Crippen molar-refractivity contribution in [3.8, 4) is 0 Å². The van der Waals surface area contributed by atoms with Gasteiger partial charge in [-0.15, -0.1) is 0 Å². The Balaban J connectivity index is 2.22. The number of rotatable bonds is 0. The van der Waals surface area contributed by atoms with E-state index in [-0.39, 0.29) is 11.8 Å². The third-order valence-electron chi connectivity index (χ3n) is 4.38. The lowest BCUT2D eigenvalue weighted by Crippen LogP contribution is -2.53. The molecule has 94 valence electrons. The van der Waals surface area contributed by atoms with Gasteiger partial charge in [0.05, 0.1) is 5.41 Å². The lowest BCUT2D eigenvalue weighted by molar-refractivity contribution is -0.127. The summed E-state index contributed by atoms with van der Waals surface area (Å²) in [5.74, 6) is -0.324. The molecule has 0 bridgehead atoms. The van der Waals surface area contributed by atoms with Crippen molar-refractivity contribution in [3.63, 3.8) is 0 Å². The van der Waals surface area contributed by atoms with E-state index in [4.69, 9.17) is 0 Å². The van der Waals surface area contributed by atoms with E-state index < -0.39 is 5.41 Å². The second-order valence-electron chi connectivity index (χ2n) is 5.42. The van der Waals surface area contributed by atoms with E-state index in [9.17, 15) is 9.59 Å². The highest BCUT2D eigenvalue weighted by Crippen LogP contribution is 2.43. The second kappa shape index (κ2) is 3.94. The van der Waals surface area contributed by atoms with Crippen molar-refractivity contribution in [2.75, 3.05) is 0 Å². The quantitative estimate of drug-likeness (QED) is 0.711. The Kier molecular flexibility index (Phi) is 2.51. The van der Waals surface area contributed by atoms with Crippen molar-refractivity contribution in [3.05, 3.63) is 34.9 Å². The van der Waals surface area contributed by atoms with Crippen molar-refractivity contribution in [2.45, 2.75) is 44.4 Å². The highest BCUT2D eigenvalue weighted by atomic mass is 16.2. The van der Waals surface area contributed by atoms with Crippen LogP contribution < -0.4 is 5.32 Å². The number of aryl methyl sites for hydroxylation is 1. The minimum atomic E-state index is -0.451. The minimum absolute atomic E-state index is 0.0923. The smallest absolute Gasteiger partial charge is 0.258 e. The van der Waals surface area contributed by atoms with Gasteiger partial charge in [-0.05, 0) is 30.9 Å². The van der Waals surface area contributed by atoms with Crippen molar-refractivity contribution in [1.82, 2.24) is 5.32 Å². The van der Waals surface area contributed by atoms with Gasteiger partial charge >= 0.3 is 0 Å². The van der Waals surface area contributed by atoms with Crippen LogP contribution >= 0.6 is 0 Å². The van der Waals surface area contributed by atoms with Crippen LogP contribution in [0.1, 0.15) is 53.6 Å². The number of hydrogen-bond donors (Lipinski definition) is 1. The summed E-state index contributed by atoms with van der Waals surface area (Å²) in [6.07, 6.45) is 5.04. The van der Waals surface area contributed by atoms with Crippen LogP contribution in [0.2, 0.25) is 0 Å². The normalized spacial score (nSPS) is 21.6. The van der Waals surface area contributed by atoms with Gasteiger partial charge in [-0.2, -0.15) is 0 Å². The SMILES string of the molecule is Cc1cccc2c1C(=O)NC(=O)C21CCCCC1. The minimum Gasteiger partial charge on any atom is -0.292 e. The van der Waals surface area contributed by atoms with Gasteiger partial charge in [0.25, 0.3) is 5.91 Å². The maximum Gasteiger partial charge on any atom is 0.258 e. The summed E-state index contributed by atoms with van der Waals surface area (Å²) in [6.45, 7) is 1.94. The molecule has 0 saturated heterocycles. The molecule has 3 rings (SSSR count). The first-order valence-electron chi connectivity index (χ1n) is 6.61. The Labute approximate surface area is 107 Å². The molecule has 1 fully saturated rings. The molecule has 0 atom stereocenters. The van der Waals surface area contributed by atoms with Gasteiger partial charge in [0.15, 0.2) is 0 Å². The van der Waals surface area contributed by atoms with Gasteiger partial charge in [-0.3, -0.25) is 14.9 Å². The first kappa shape index (κ1) is 11.5. The molecule has 0 radical (unpaired) electrons. The van der Waals surface area contributed by atoms with Crippen LogP contribution in [0.3, 0.4) is 0 Å². The summed E-state index contributed by atoms with van der Waals surface area (Å²) in [7, 11) is 0. The van der Waals surface area contributed by atoms with Crippen molar-refractivity contribution in [2.24, 2.45) is 0 Å². The van der Waals surface area contributed by atoms with Crippen LogP contribution in [-0.4, -0.2) is 11.8 Å². The van der Waals surface area contributed by atoms with Crippen molar-refractivity contribution >= 4 is 11.8 Å². The fourth-order valence-corrected chi connectivity index (χ4v) is 3.43. The Hall–Kier alpha value is -1.64. The first-order chi connectivity index (χ1) is 8.65. The Morgan fingerprint density at radius 1 is 1.11 bits per heavy atom. The van der Waals surface area contributed by atoms with E-state index in [0.29, 0.717) is 0 Å². The molecule has 1 N–H and O–H groups in total. The van der Waals surface area contributed by atoms with Crippen LogP contribution in [-0.2, 0) is 10.2 Å². The molecule has 0 aromatic heterocycles. The van der Waals surface area contributed by atoms with E-state index in [1.807, 2.05) is 25.1 Å². The van der Waals surface area contributed by atoms with Gasteiger partial charge in [0.1, 0.15) is 0 Å². The fraction of sp³-hybridized carbons (Fsp3) is 0.467. The van der Waals surface area contributed by atoms with Crippen molar-refractivity contribution in [1.29, 1.82) is 0 Å². The van der Waals surface area contributed by atoms with Gasteiger partial charge < -0.3 is 0 Å². The number of hydrogen-bond acceptors (Lipinski definition) is 2. The van der Waals surface area contributed by atoms with Gasteiger partial charge in [-0.1, -0.05) is 37.5 Å². The maximum atomic E-state index is 12.3. The van der Waals surface area contributed by atoms with Gasteiger partial charge in [-0.25, -0.2) is 0 Å².